The molecule has 8 heteroatoms. The van der Waals surface area contributed by atoms with Gasteiger partial charge in [-0.3, -0.25) is 4.79 Å². The van der Waals surface area contributed by atoms with Crippen molar-refractivity contribution in [1.82, 2.24) is 5.32 Å². The molecule has 160 valence electrons. The van der Waals surface area contributed by atoms with Crippen LogP contribution in [-0.4, -0.2) is 28.5 Å². The standard InChI is InChI=1S/C23H21NO5S2/c25-23(24-21-13-14-30(26,27)22-12-5-4-11-20(21)22)18-8-6-7-17(15-18)16-31(28,29)19-9-2-1-3-10-19/h1-12,15,21H,13-14,16H2,(H,24,25). The van der Waals surface area contributed by atoms with Gasteiger partial charge >= 0.3 is 0 Å². The Morgan fingerprint density at radius 1 is 0.935 bits per heavy atom. The Kier molecular flexibility index (Phi) is 5.68. The first kappa shape index (κ1) is 21.3. The number of fused-ring (bicyclic) bond motifs is 1. The first-order valence-electron chi connectivity index (χ1n) is 9.75. The number of nitrogens with one attached hydrogen (secondary N) is 1. The fourth-order valence-corrected chi connectivity index (χ4v) is 6.69. The quantitative estimate of drug-likeness (QED) is 0.637. The van der Waals surface area contributed by atoms with Gasteiger partial charge in [-0.1, -0.05) is 48.5 Å². The summed E-state index contributed by atoms with van der Waals surface area (Å²) in [6.45, 7) is 0. The first-order valence-corrected chi connectivity index (χ1v) is 13.1. The Morgan fingerprint density at radius 3 is 2.42 bits per heavy atom. The molecule has 0 aromatic heterocycles. The van der Waals surface area contributed by atoms with E-state index in [0.29, 0.717) is 16.7 Å². The number of amides is 1. The molecule has 0 aliphatic carbocycles. The van der Waals surface area contributed by atoms with Crippen molar-refractivity contribution in [2.75, 3.05) is 5.75 Å². The average molecular weight is 456 g/mol. The third-order valence-corrected chi connectivity index (χ3v) is 8.78. The highest BCUT2D eigenvalue weighted by molar-refractivity contribution is 7.91. The van der Waals surface area contributed by atoms with Crippen LogP contribution in [0.15, 0.2) is 88.7 Å². The van der Waals surface area contributed by atoms with Gasteiger partial charge in [-0.05, 0) is 47.9 Å². The summed E-state index contributed by atoms with van der Waals surface area (Å²) in [5.41, 5.74) is 1.40. The molecule has 0 spiro atoms. The molecular weight excluding hydrogens is 434 g/mol. The van der Waals surface area contributed by atoms with E-state index >= 15 is 0 Å². The van der Waals surface area contributed by atoms with Crippen LogP contribution in [0.25, 0.3) is 0 Å². The second-order valence-electron chi connectivity index (χ2n) is 7.44. The number of sulfone groups is 2. The summed E-state index contributed by atoms with van der Waals surface area (Å²) in [7, 11) is -6.88. The largest absolute Gasteiger partial charge is 0.345 e. The van der Waals surface area contributed by atoms with Crippen molar-refractivity contribution in [1.29, 1.82) is 0 Å². The minimum Gasteiger partial charge on any atom is -0.345 e. The van der Waals surface area contributed by atoms with E-state index in [2.05, 4.69) is 5.32 Å². The van der Waals surface area contributed by atoms with E-state index in [4.69, 9.17) is 0 Å². The Morgan fingerprint density at radius 2 is 1.65 bits per heavy atom. The topological polar surface area (TPSA) is 97.4 Å². The summed E-state index contributed by atoms with van der Waals surface area (Å²) in [6.07, 6.45) is 0.285. The Bertz CT molecular complexity index is 1330. The summed E-state index contributed by atoms with van der Waals surface area (Å²) in [5.74, 6) is -0.634. The molecule has 0 bridgehead atoms. The summed E-state index contributed by atoms with van der Waals surface area (Å²) < 4.78 is 49.9. The summed E-state index contributed by atoms with van der Waals surface area (Å²) in [6, 6.07) is 20.9. The average Bonchev–Trinajstić information content (AvgIpc) is 2.76. The molecule has 1 unspecified atom stereocenters. The predicted octanol–water partition coefficient (Wildman–Crippen LogP) is 3.31. The number of carbonyl (C=O) groups excluding carboxylic acids is 1. The zero-order valence-corrected chi connectivity index (χ0v) is 18.2. The number of benzene rings is 3. The van der Waals surface area contributed by atoms with Gasteiger partial charge in [0.05, 0.1) is 27.3 Å². The Labute approximate surface area is 181 Å². The van der Waals surface area contributed by atoms with Gasteiger partial charge in [-0.15, -0.1) is 0 Å². The maximum Gasteiger partial charge on any atom is 0.251 e. The van der Waals surface area contributed by atoms with Gasteiger partial charge in [-0.2, -0.15) is 0 Å². The van der Waals surface area contributed by atoms with Crippen molar-refractivity contribution >= 4 is 25.6 Å². The monoisotopic (exact) mass is 455 g/mol. The van der Waals surface area contributed by atoms with E-state index in [1.54, 1.807) is 78.9 Å². The van der Waals surface area contributed by atoms with E-state index in [0.717, 1.165) is 0 Å². The summed E-state index contributed by atoms with van der Waals surface area (Å²) in [4.78, 5) is 13.3. The SMILES string of the molecule is O=C(NC1CCS(=O)(=O)c2ccccc21)c1cccc(CS(=O)(=O)c2ccccc2)c1. The van der Waals surface area contributed by atoms with Crippen molar-refractivity contribution in [3.63, 3.8) is 0 Å². The van der Waals surface area contributed by atoms with E-state index < -0.39 is 25.7 Å². The van der Waals surface area contributed by atoms with Gasteiger partial charge in [0.1, 0.15) is 0 Å². The molecule has 1 amide bonds. The van der Waals surface area contributed by atoms with Gasteiger partial charge in [-0.25, -0.2) is 16.8 Å². The number of rotatable bonds is 5. The minimum atomic E-state index is -3.53. The maximum atomic E-state index is 12.9. The lowest BCUT2D eigenvalue weighted by Crippen LogP contribution is -2.33. The fraction of sp³-hybridized carbons (Fsp3) is 0.174. The zero-order valence-electron chi connectivity index (χ0n) is 16.6. The minimum absolute atomic E-state index is 0.0374. The predicted molar refractivity (Wildman–Crippen MR) is 117 cm³/mol. The molecular formula is C23H21NO5S2. The molecule has 0 saturated carbocycles. The molecule has 0 radical (unpaired) electrons. The van der Waals surface area contributed by atoms with Crippen LogP contribution in [0.4, 0.5) is 0 Å². The second kappa shape index (κ2) is 8.28. The second-order valence-corrected chi connectivity index (χ2v) is 11.5. The smallest absolute Gasteiger partial charge is 0.251 e. The maximum absolute atomic E-state index is 12.9. The molecule has 0 fully saturated rings. The number of hydrogen-bond acceptors (Lipinski definition) is 5. The van der Waals surface area contributed by atoms with Gasteiger partial charge in [0.2, 0.25) is 0 Å². The van der Waals surface area contributed by atoms with Crippen LogP contribution < -0.4 is 5.32 Å². The lowest BCUT2D eigenvalue weighted by molar-refractivity contribution is 0.0934. The highest BCUT2D eigenvalue weighted by Crippen LogP contribution is 2.32. The van der Waals surface area contributed by atoms with Gasteiger partial charge < -0.3 is 5.32 Å². The molecule has 3 aromatic rings. The van der Waals surface area contributed by atoms with Crippen molar-refractivity contribution in [2.24, 2.45) is 0 Å². The third-order valence-electron chi connectivity index (χ3n) is 5.26. The molecule has 1 aliphatic heterocycles. The molecule has 0 saturated heterocycles. The van der Waals surface area contributed by atoms with E-state index in [1.807, 2.05) is 0 Å². The van der Waals surface area contributed by atoms with Crippen LogP contribution in [0.3, 0.4) is 0 Å². The van der Waals surface area contributed by atoms with Crippen LogP contribution in [0.1, 0.15) is 33.9 Å². The zero-order chi connectivity index (χ0) is 22.1. The Hall–Kier alpha value is -2.97. The lowest BCUT2D eigenvalue weighted by atomic mass is 10.0. The molecule has 3 aromatic carbocycles. The van der Waals surface area contributed by atoms with E-state index in [-0.39, 0.29) is 33.6 Å². The van der Waals surface area contributed by atoms with Crippen LogP contribution in [-0.2, 0) is 25.4 Å². The highest BCUT2D eigenvalue weighted by atomic mass is 32.2. The van der Waals surface area contributed by atoms with Gasteiger partial charge in [0.25, 0.3) is 5.91 Å². The normalized spacial score (nSPS) is 17.5. The van der Waals surface area contributed by atoms with Crippen LogP contribution in [0.5, 0.6) is 0 Å². The Balaban J connectivity index is 1.54. The fourth-order valence-electron chi connectivity index (χ4n) is 3.71. The molecule has 6 nitrogen and oxygen atoms in total. The molecule has 4 rings (SSSR count). The van der Waals surface area contributed by atoms with E-state index in [1.165, 1.54) is 0 Å². The molecule has 31 heavy (non-hydrogen) atoms. The summed E-state index contributed by atoms with van der Waals surface area (Å²) in [5, 5.41) is 2.90. The molecule has 1 atom stereocenters. The van der Waals surface area contributed by atoms with Gasteiger partial charge in [0, 0.05) is 5.56 Å². The third kappa shape index (κ3) is 4.55. The molecule has 1 heterocycles. The van der Waals surface area contributed by atoms with Crippen LogP contribution in [0.2, 0.25) is 0 Å². The first-order chi connectivity index (χ1) is 14.8. The lowest BCUT2D eigenvalue weighted by Gasteiger charge is -2.26. The number of hydrogen-bond donors (Lipinski definition) is 1. The highest BCUT2D eigenvalue weighted by Gasteiger charge is 2.31. The van der Waals surface area contributed by atoms with E-state index in [9.17, 15) is 21.6 Å². The van der Waals surface area contributed by atoms with Crippen LogP contribution >= 0.6 is 0 Å². The molecule has 1 aliphatic rings. The molecule has 1 N–H and O–H groups in total. The van der Waals surface area contributed by atoms with Crippen LogP contribution in [0, 0.1) is 0 Å². The van der Waals surface area contributed by atoms with Crippen molar-refractivity contribution < 1.29 is 21.6 Å². The van der Waals surface area contributed by atoms with Gasteiger partial charge in [0.15, 0.2) is 19.7 Å². The van der Waals surface area contributed by atoms with Crippen molar-refractivity contribution in [3.8, 4) is 0 Å². The van der Waals surface area contributed by atoms with Crippen molar-refractivity contribution in [3.05, 3.63) is 95.6 Å². The summed E-state index contributed by atoms with van der Waals surface area (Å²) >= 11 is 0. The number of carbonyl (C=O) groups is 1. The van der Waals surface area contributed by atoms with Crippen molar-refractivity contribution in [2.45, 2.75) is 28.0 Å².